The molecule has 1 saturated carbocycles. The highest BCUT2D eigenvalue weighted by atomic mass is 15.2. The van der Waals surface area contributed by atoms with Crippen molar-refractivity contribution in [2.24, 2.45) is 10.9 Å². The molecule has 108 valence electrons. The molecule has 0 radical (unpaired) electrons. The number of fused-ring (bicyclic) bond motifs is 1. The Morgan fingerprint density at radius 1 is 1.29 bits per heavy atom. The molecule has 3 atom stereocenters. The summed E-state index contributed by atoms with van der Waals surface area (Å²) in [7, 11) is 0. The Kier molecular flexibility index (Phi) is 2.36. The Balaban J connectivity index is 1.71. The van der Waals surface area contributed by atoms with E-state index in [0.717, 1.165) is 5.92 Å². The highest BCUT2D eigenvalue weighted by molar-refractivity contribution is 6.04. The third-order valence-corrected chi connectivity index (χ3v) is 6.23. The van der Waals surface area contributed by atoms with Crippen LogP contribution in [-0.2, 0) is 5.41 Å². The molecule has 2 heteroatoms. The lowest BCUT2D eigenvalue weighted by atomic mass is 9.63. The van der Waals surface area contributed by atoms with Crippen LogP contribution < -0.4 is 0 Å². The highest BCUT2D eigenvalue weighted by Crippen LogP contribution is 2.56. The number of rotatable bonds is 1. The second-order valence-electron chi connectivity index (χ2n) is 7.10. The van der Waals surface area contributed by atoms with Gasteiger partial charge in [-0.3, -0.25) is 9.89 Å². The van der Waals surface area contributed by atoms with E-state index in [9.17, 15) is 0 Å². The van der Waals surface area contributed by atoms with E-state index in [1.807, 2.05) is 0 Å². The summed E-state index contributed by atoms with van der Waals surface area (Å²) in [6.45, 7) is 4.82. The summed E-state index contributed by atoms with van der Waals surface area (Å²) < 4.78 is 0. The van der Waals surface area contributed by atoms with E-state index < -0.39 is 0 Å². The summed E-state index contributed by atoms with van der Waals surface area (Å²) >= 11 is 0. The van der Waals surface area contributed by atoms with Crippen LogP contribution in [0.2, 0.25) is 0 Å². The minimum absolute atomic E-state index is 0.222. The zero-order valence-electron chi connectivity index (χ0n) is 12.7. The van der Waals surface area contributed by atoms with Crippen molar-refractivity contribution in [1.29, 1.82) is 0 Å². The van der Waals surface area contributed by atoms with Crippen molar-refractivity contribution in [3.05, 3.63) is 41.5 Å². The molecule has 1 spiro atoms. The summed E-state index contributed by atoms with van der Waals surface area (Å²) in [5.74, 6) is 0.765. The summed E-state index contributed by atoms with van der Waals surface area (Å²) in [6, 6.07) is 9.48. The molecule has 0 amide bonds. The maximum atomic E-state index is 5.04. The molecule has 21 heavy (non-hydrogen) atoms. The van der Waals surface area contributed by atoms with Crippen LogP contribution in [0.5, 0.6) is 0 Å². The molecule has 2 fully saturated rings. The van der Waals surface area contributed by atoms with E-state index in [1.165, 1.54) is 55.7 Å². The van der Waals surface area contributed by atoms with Gasteiger partial charge in [-0.2, -0.15) is 0 Å². The fourth-order valence-electron chi connectivity index (χ4n) is 5.33. The lowest BCUT2D eigenvalue weighted by Gasteiger charge is -2.46. The van der Waals surface area contributed by atoms with Gasteiger partial charge in [0.25, 0.3) is 0 Å². The molecule has 1 saturated heterocycles. The Morgan fingerprint density at radius 3 is 3.10 bits per heavy atom. The zero-order chi connectivity index (χ0) is 14.0. The maximum Gasteiger partial charge on any atom is 0.0671 e. The Bertz CT molecular complexity index is 672. The van der Waals surface area contributed by atoms with Gasteiger partial charge in [0.15, 0.2) is 0 Å². The van der Waals surface area contributed by atoms with Gasteiger partial charge in [0.2, 0.25) is 0 Å². The van der Waals surface area contributed by atoms with Crippen LogP contribution in [0.15, 0.2) is 40.9 Å². The van der Waals surface area contributed by atoms with Crippen LogP contribution in [0.25, 0.3) is 0 Å². The lowest BCUT2D eigenvalue weighted by molar-refractivity contribution is 0.207. The molecule has 4 aliphatic rings. The van der Waals surface area contributed by atoms with E-state index >= 15 is 0 Å². The maximum absolute atomic E-state index is 5.04. The summed E-state index contributed by atoms with van der Waals surface area (Å²) in [4.78, 5) is 7.80. The average molecular weight is 278 g/mol. The number of hydrogen-bond donors (Lipinski definition) is 0. The first-order chi connectivity index (χ1) is 10.3. The highest BCUT2D eigenvalue weighted by Gasteiger charge is 2.58. The smallest absolute Gasteiger partial charge is 0.0671 e. The molecule has 3 heterocycles. The van der Waals surface area contributed by atoms with Gasteiger partial charge in [0.1, 0.15) is 0 Å². The van der Waals surface area contributed by atoms with E-state index in [2.05, 4.69) is 42.2 Å². The van der Waals surface area contributed by atoms with Crippen LogP contribution in [0.4, 0.5) is 5.69 Å². The molecule has 0 bridgehead atoms. The normalized spacial score (nSPS) is 36.6. The van der Waals surface area contributed by atoms with E-state index in [1.54, 1.807) is 5.57 Å². The van der Waals surface area contributed by atoms with Gasteiger partial charge in [-0.1, -0.05) is 36.8 Å². The first-order valence-electron chi connectivity index (χ1n) is 8.45. The first-order valence-corrected chi connectivity index (χ1v) is 8.45. The molecule has 0 unspecified atom stereocenters. The molecule has 1 aromatic rings. The molecular weight excluding hydrogens is 256 g/mol. The van der Waals surface area contributed by atoms with Crippen molar-refractivity contribution in [1.82, 2.24) is 4.90 Å². The lowest BCUT2D eigenvalue weighted by Crippen LogP contribution is -2.53. The van der Waals surface area contributed by atoms with Crippen molar-refractivity contribution in [2.75, 3.05) is 13.1 Å². The number of benzene rings is 1. The number of aliphatic imine (C=N–C) groups is 1. The van der Waals surface area contributed by atoms with Crippen molar-refractivity contribution in [2.45, 2.75) is 44.1 Å². The van der Waals surface area contributed by atoms with Crippen molar-refractivity contribution < 1.29 is 0 Å². The monoisotopic (exact) mass is 278 g/mol. The van der Waals surface area contributed by atoms with Gasteiger partial charge >= 0.3 is 0 Å². The molecule has 1 aromatic carbocycles. The number of para-hydroxylation sites is 1. The van der Waals surface area contributed by atoms with Crippen LogP contribution in [0.3, 0.4) is 0 Å². The van der Waals surface area contributed by atoms with Crippen LogP contribution in [-0.4, -0.2) is 29.7 Å². The van der Waals surface area contributed by atoms with Gasteiger partial charge in [0, 0.05) is 24.8 Å². The minimum atomic E-state index is 0.222. The summed E-state index contributed by atoms with van der Waals surface area (Å²) in [6.07, 6.45) is 7.55. The number of nitrogens with zero attached hydrogens (tertiary/aromatic N) is 2. The molecule has 0 N–H and O–H groups in total. The fraction of sp³-hybridized carbons (Fsp3) is 0.526. The van der Waals surface area contributed by atoms with Crippen molar-refractivity contribution in [3.63, 3.8) is 0 Å². The Morgan fingerprint density at radius 2 is 2.19 bits per heavy atom. The molecule has 0 aromatic heterocycles. The first kappa shape index (κ1) is 12.2. The second-order valence-corrected chi connectivity index (χ2v) is 7.10. The SMILES string of the molecule is CC[C@H]1C=C2CCC3=Nc4ccccc4[C@@]34CCN(C1)[C@@H]24. The molecule has 2 nitrogen and oxygen atoms in total. The molecule has 1 aliphatic carbocycles. The van der Waals surface area contributed by atoms with Gasteiger partial charge in [-0.25, -0.2) is 0 Å². The Labute approximate surface area is 126 Å². The fourth-order valence-corrected chi connectivity index (χ4v) is 5.33. The van der Waals surface area contributed by atoms with Crippen LogP contribution >= 0.6 is 0 Å². The molecule has 5 rings (SSSR count). The summed E-state index contributed by atoms with van der Waals surface area (Å²) in [5.41, 5.74) is 6.16. The summed E-state index contributed by atoms with van der Waals surface area (Å²) in [5, 5.41) is 0. The van der Waals surface area contributed by atoms with Crippen molar-refractivity contribution in [3.8, 4) is 0 Å². The quantitative estimate of drug-likeness (QED) is 0.713. The van der Waals surface area contributed by atoms with Crippen molar-refractivity contribution >= 4 is 11.4 Å². The standard InChI is InChI=1S/C19H22N2/c1-2-13-11-14-7-8-17-19(9-10-21(12-13)18(14)19)15-5-3-4-6-16(15)20-17/h3-6,11,13,18H,2,7-10,12H2,1H3/t13-,18-,19-/m0/s1. The topological polar surface area (TPSA) is 15.6 Å². The molecule has 3 aliphatic heterocycles. The van der Waals surface area contributed by atoms with Crippen LogP contribution in [0, 0.1) is 5.92 Å². The predicted molar refractivity (Wildman–Crippen MR) is 86.3 cm³/mol. The minimum Gasteiger partial charge on any atom is -0.295 e. The Hall–Kier alpha value is -1.41. The van der Waals surface area contributed by atoms with E-state index in [-0.39, 0.29) is 5.41 Å². The van der Waals surface area contributed by atoms with Gasteiger partial charge in [0.05, 0.1) is 11.1 Å². The average Bonchev–Trinajstić information content (AvgIpc) is 3.07. The van der Waals surface area contributed by atoms with Gasteiger partial charge < -0.3 is 0 Å². The van der Waals surface area contributed by atoms with E-state index in [4.69, 9.17) is 4.99 Å². The molecular formula is C19H22N2. The van der Waals surface area contributed by atoms with Crippen LogP contribution in [0.1, 0.15) is 38.2 Å². The second kappa shape index (κ2) is 4.07. The zero-order valence-corrected chi connectivity index (χ0v) is 12.7. The van der Waals surface area contributed by atoms with Gasteiger partial charge in [-0.15, -0.1) is 0 Å². The van der Waals surface area contributed by atoms with Gasteiger partial charge in [-0.05, 0) is 43.2 Å². The predicted octanol–water partition coefficient (Wildman–Crippen LogP) is 3.84. The largest absolute Gasteiger partial charge is 0.295 e. The van der Waals surface area contributed by atoms with E-state index in [0.29, 0.717) is 6.04 Å². The third-order valence-electron chi connectivity index (χ3n) is 6.23. The number of hydrogen-bond acceptors (Lipinski definition) is 2. The third kappa shape index (κ3) is 1.39.